The summed E-state index contributed by atoms with van der Waals surface area (Å²) in [6.07, 6.45) is 0. The van der Waals surface area contributed by atoms with Crippen molar-refractivity contribution in [1.82, 2.24) is 0 Å². The smallest absolute Gasteiger partial charge is 0.119 e. The van der Waals surface area contributed by atoms with Crippen LogP contribution in [0.15, 0.2) is 24.3 Å². The summed E-state index contributed by atoms with van der Waals surface area (Å²) in [5.74, 6) is 0.911. The van der Waals surface area contributed by atoms with Crippen LogP contribution >= 0.6 is 0 Å². The van der Waals surface area contributed by atoms with Crippen LogP contribution in [0.4, 0.5) is 0 Å². The second-order valence-electron chi connectivity index (χ2n) is 4.65. The van der Waals surface area contributed by atoms with Gasteiger partial charge in [-0.2, -0.15) is 0 Å². The van der Waals surface area contributed by atoms with Gasteiger partial charge in [-0.25, -0.2) is 0 Å². The minimum Gasteiger partial charge on any atom is -0.491 e. The van der Waals surface area contributed by atoms with Crippen LogP contribution in [-0.2, 0) is 6.54 Å². The number of rotatable bonds is 5. The van der Waals surface area contributed by atoms with Gasteiger partial charge in [0.25, 0.3) is 0 Å². The van der Waals surface area contributed by atoms with Gasteiger partial charge < -0.3 is 15.6 Å². The number of nitrogens with two attached hydrogens (primary N) is 1. The zero-order chi connectivity index (χ0) is 12.2. The fraction of sp³-hybridized carbons (Fsp3) is 0.538. The quantitative estimate of drug-likeness (QED) is 0.802. The lowest BCUT2D eigenvalue weighted by atomic mass is 9.94. The molecule has 0 heterocycles. The molecule has 0 aliphatic rings. The molecule has 0 saturated heterocycles. The van der Waals surface area contributed by atoms with Gasteiger partial charge in [-0.15, -0.1) is 0 Å². The first kappa shape index (κ1) is 13.0. The zero-order valence-electron chi connectivity index (χ0n) is 10.2. The number of benzene rings is 1. The highest BCUT2D eigenvalue weighted by Gasteiger charge is 2.25. The van der Waals surface area contributed by atoms with E-state index in [4.69, 9.17) is 10.5 Å². The summed E-state index contributed by atoms with van der Waals surface area (Å²) in [5.41, 5.74) is 5.77. The van der Waals surface area contributed by atoms with E-state index < -0.39 is 5.60 Å². The third-order valence-electron chi connectivity index (χ3n) is 2.91. The van der Waals surface area contributed by atoms with E-state index in [0.717, 1.165) is 11.3 Å². The standard InChI is InChI=1S/C13H21NO2/c1-10(2)13(3,15)9-16-12-6-4-5-11(7-12)8-14/h4-7,10,15H,8-9,14H2,1-3H3. The molecule has 0 bridgehead atoms. The maximum absolute atomic E-state index is 10.0. The average molecular weight is 223 g/mol. The highest BCUT2D eigenvalue weighted by Crippen LogP contribution is 2.19. The van der Waals surface area contributed by atoms with Gasteiger partial charge >= 0.3 is 0 Å². The molecule has 0 spiro atoms. The third-order valence-corrected chi connectivity index (χ3v) is 2.91. The normalized spacial score (nSPS) is 14.9. The molecule has 0 saturated carbocycles. The molecule has 0 fully saturated rings. The Labute approximate surface area is 97.2 Å². The second-order valence-corrected chi connectivity index (χ2v) is 4.65. The van der Waals surface area contributed by atoms with Gasteiger partial charge in [-0.3, -0.25) is 0 Å². The third kappa shape index (κ3) is 3.51. The van der Waals surface area contributed by atoms with Crippen molar-refractivity contribution >= 4 is 0 Å². The van der Waals surface area contributed by atoms with E-state index in [9.17, 15) is 5.11 Å². The van der Waals surface area contributed by atoms with Crippen molar-refractivity contribution in [2.24, 2.45) is 11.7 Å². The van der Waals surface area contributed by atoms with E-state index in [1.54, 1.807) is 6.92 Å². The van der Waals surface area contributed by atoms with Crippen LogP contribution in [0.25, 0.3) is 0 Å². The molecular formula is C13H21NO2. The van der Waals surface area contributed by atoms with Crippen molar-refractivity contribution in [3.05, 3.63) is 29.8 Å². The fourth-order valence-electron chi connectivity index (χ4n) is 1.16. The molecule has 1 unspecified atom stereocenters. The minimum absolute atomic E-state index is 0.158. The molecule has 0 aromatic heterocycles. The van der Waals surface area contributed by atoms with Gasteiger partial charge in [0.2, 0.25) is 0 Å². The lowest BCUT2D eigenvalue weighted by Gasteiger charge is -2.27. The van der Waals surface area contributed by atoms with E-state index in [1.807, 2.05) is 38.1 Å². The summed E-state index contributed by atoms with van der Waals surface area (Å²) in [4.78, 5) is 0. The van der Waals surface area contributed by atoms with Crippen LogP contribution < -0.4 is 10.5 Å². The van der Waals surface area contributed by atoms with E-state index in [0.29, 0.717) is 13.2 Å². The summed E-state index contributed by atoms with van der Waals surface area (Å²) in [5, 5.41) is 10.0. The number of hydrogen-bond donors (Lipinski definition) is 2. The molecule has 0 radical (unpaired) electrons. The van der Waals surface area contributed by atoms with Gasteiger partial charge in [0, 0.05) is 6.54 Å². The SMILES string of the molecule is CC(C)C(C)(O)COc1cccc(CN)c1. The Morgan fingerprint density at radius 2 is 2.12 bits per heavy atom. The summed E-state index contributed by atoms with van der Waals surface area (Å²) in [7, 11) is 0. The highest BCUT2D eigenvalue weighted by molar-refractivity contribution is 5.28. The van der Waals surface area contributed by atoms with E-state index in [-0.39, 0.29) is 5.92 Å². The molecule has 1 aromatic rings. The Hall–Kier alpha value is -1.06. The van der Waals surface area contributed by atoms with Crippen LogP contribution in [0, 0.1) is 5.92 Å². The summed E-state index contributed by atoms with van der Waals surface area (Å²) in [6.45, 7) is 6.51. The van der Waals surface area contributed by atoms with Gasteiger partial charge in [-0.05, 0) is 30.5 Å². The average Bonchev–Trinajstić information content (AvgIpc) is 2.26. The Morgan fingerprint density at radius 3 is 2.69 bits per heavy atom. The lowest BCUT2D eigenvalue weighted by molar-refractivity contribution is -0.0266. The van der Waals surface area contributed by atoms with Gasteiger partial charge in [-0.1, -0.05) is 26.0 Å². The second kappa shape index (κ2) is 5.32. The fourth-order valence-corrected chi connectivity index (χ4v) is 1.16. The first-order chi connectivity index (χ1) is 7.45. The summed E-state index contributed by atoms with van der Waals surface area (Å²) < 4.78 is 5.57. The van der Waals surface area contributed by atoms with Crippen LogP contribution in [0.2, 0.25) is 0 Å². The highest BCUT2D eigenvalue weighted by atomic mass is 16.5. The van der Waals surface area contributed by atoms with Crippen molar-refractivity contribution in [3.63, 3.8) is 0 Å². The Balaban J connectivity index is 2.60. The molecular weight excluding hydrogens is 202 g/mol. The number of aliphatic hydroxyl groups is 1. The molecule has 3 N–H and O–H groups in total. The molecule has 0 aliphatic heterocycles. The number of ether oxygens (including phenoxy) is 1. The minimum atomic E-state index is -0.807. The Morgan fingerprint density at radius 1 is 1.44 bits per heavy atom. The Kier molecular flexibility index (Phi) is 4.33. The van der Waals surface area contributed by atoms with Crippen molar-refractivity contribution in [2.45, 2.75) is 32.9 Å². The molecule has 1 atom stereocenters. The van der Waals surface area contributed by atoms with Gasteiger partial charge in [0.15, 0.2) is 0 Å². The molecule has 90 valence electrons. The largest absolute Gasteiger partial charge is 0.491 e. The van der Waals surface area contributed by atoms with Crippen LogP contribution in [-0.4, -0.2) is 17.3 Å². The maximum Gasteiger partial charge on any atom is 0.119 e. The maximum atomic E-state index is 10.0. The Bertz CT molecular complexity index is 334. The predicted octanol–water partition coefficient (Wildman–Crippen LogP) is 1.93. The van der Waals surface area contributed by atoms with E-state index in [1.165, 1.54) is 0 Å². The lowest BCUT2D eigenvalue weighted by Crippen LogP contribution is -2.37. The molecule has 0 aliphatic carbocycles. The first-order valence-electron chi connectivity index (χ1n) is 5.60. The van der Waals surface area contributed by atoms with Crippen LogP contribution in [0.1, 0.15) is 26.3 Å². The molecule has 16 heavy (non-hydrogen) atoms. The monoisotopic (exact) mass is 223 g/mol. The van der Waals surface area contributed by atoms with Crippen LogP contribution in [0.3, 0.4) is 0 Å². The predicted molar refractivity (Wildman–Crippen MR) is 65.3 cm³/mol. The summed E-state index contributed by atoms with van der Waals surface area (Å²) in [6, 6.07) is 7.63. The summed E-state index contributed by atoms with van der Waals surface area (Å²) >= 11 is 0. The van der Waals surface area contributed by atoms with Crippen molar-refractivity contribution in [1.29, 1.82) is 0 Å². The van der Waals surface area contributed by atoms with Crippen molar-refractivity contribution in [3.8, 4) is 5.75 Å². The van der Waals surface area contributed by atoms with Crippen LogP contribution in [0.5, 0.6) is 5.75 Å². The zero-order valence-corrected chi connectivity index (χ0v) is 10.2. The molecule has 1 aromatic carbocycles. The molecule has 3 heteroatoms. The topological polar surface area (TPSA) is 55.5 Å². The van der Waals surface area contributed by atoms with Crippen molar-refractivity contribution < 1.29 is 9.84 Å². The molecule has 3 nitrogen and oxygen atoms in total. The number of hydrogen-bond acceptors (Lipinski definition) is 3. The van der Waals surface area contributed by atoms with Crippen molar-refractivity contribution in [2.75, 3.05) is 6.61 Å². The molecule has 0 amide bonds. The first-order valence-corrected chi connectivity index (χ1v) is 5.60. The van der Waals surface area contributed by atoms with Gasteiger partial charge in [0.05, 0.1) is 5.60 Å². The van der Waals surface area contributed by atoms with E-state index >= 15 is 0 Å². The molecule has 1 rings (SSSR count). The van der Waals surface area contributed by atoms with E-state index in [2.05, 4.69) is 0 Å². The van der Waals surface area contributed by atoms with Gasteiger partial charge in [0.1, 0.15) is 12.4 Å².